The SMILES string of the molecule is CCCCCCCCCCCCCCCCCCOC(=O)C(CC(N)=O)S(=O)(=O)[O-].CCCCCCCCCCCCCCCCCCOC(=O)C(CC(N)=O)S(=O)(=O)[O-].[Na+].[Na+]. The van der Waals surface area contributed by atoms with Gasteiger partial charge >= 0.3 is 71.1 Å². The molecule has 0 aliphatic rings. The fraction of sp³-hybridized carbons (Fsp3) is 0.909. The van der Waals surface area contributed by atoms with Crippen molar-refractivity contribution >= 4 is 44.0 Å². The Kier molecular flexibility index (Phi) is 52.0. The average Bonchev–Trinajstić information content (AvgIpc) is 3.17. The molecule has 62 heavy (non-hydrogen) atoms. The molecule has 0 aliphatic carbocycles. The zero-order chi connectivity index (χ0) is 45.3. The minimum atomic E-state index is -4.96. The van der Waals surface area contributed by atoms with E-state index in [0.717, 1.165) is 38.5 Å². The molecule has 0 radical (unpaired) electrons. The van der Waals surface area contributed by atoms with Gasteiger partial charge in [0.05, 0.1) is 26.1 Å². The molecular formula is C44H84N2Na2O12S2. The molecule has 2 amide bonds. The van der Waals surface area contributed by atoms with Crippen LogP contribution in [0.25, 0.3) is 0 Å². The standard InChI is InChI=1S/2C22H43NO6S.2Na/c2*1-2-3-4-5-6-7-8-9-10-11-12-13-14-15-16-17-18-29-22(25)20(19-21(23)24)30(26,27)28;;/h2*20H,2-19H2,1H3,(H2,23,24)(H,26,27,28);;/q;;2*+1/p-2. The van der Waals surface area contributed by atoms with Gasteiger partial charge in [0.1, 0.15) is 20.2 Å². The molecular weight excluding hydrogens is 859 g/mol. The largest absolute Gasteiger partial charge is 1.00 e. The molecule has 0 aromatic carbocycles. The summed E-state index contributed by atoms with van der Waals surface area (Å²) in [6, 6.07) is 0. The van der Waals surface area contributed by atoms with Crippen molar-refractivity contribution in [3.05, 3.63) is 0 Å². The molecule has 0 aliphatic heterocycles. The summed E-state index contributed by atoms with van der Waals surface area (Å²) in [6.07, 6.45) is 37.5. The van der Waals surface area contributed by atoms with E-state index in [4.69, 9.17) is 20.9 Å². The second-order valence-corrected chi connectivity index (χ2v) is 19.4. The number of carbonyl (C=O) groups excluding carboxylic acids is 4. The van der Waals surface area contributed by atoms with Gasteiger partial charge in [-0.25, -0.2) is 16.8 Å². The second kappa shape index (κ2) is 47.2. The quantitative estimate of drug-likeness (QED) is 0.0388. The fourth-order valence-corrected chi connectivity index (χ4v) is 8.15. The van der Waals surface area contributed by atoms with E-state index in [-0.39, 0.29) is 72.3 Å². The van der Waals surface area contributed by atoms with E-state index in [1.807, 2.05) is 0 Å². The van der Waals surface area contributed by atoms with Crippen molar-refractivity contribution in [2.45, 2.75) is 243 Å². The molecule has 0 saturated heterocycles. The molecule has 0 rings (SSSR count). The molecule has 0 heterocycles. The molecule has 356 valence electrons. The van der Waals surface area contributed by atoms with Gasteiger partial charge in [-0.3, -0.25) is 19.2 Å². The Bertz CT molecular complexity index is 1210. The van der Waals surface area contributed by atoms with Crippen molar-refractivity contribution in [3.63, 3.8) is 0 Å². The zero-order valence-corrected chi connectivity index (χ0v) is 45.1. The van der Waals surface area contributed by atoms with E-state index in [1.54, 1.807) is 0 Å². The summed E-state index contributed by atoms with van der Waals surface area (Å²) >= 11 is 0. The molecule has 0 fully saturated rings. The molecule has 0 saturated carbocycles. The van der Waals surface area contributed by atoms with Crippen LogP contribution in [0, 0.1) is 0 Å². The van der Waals surface area contributed by atoms with Crippen LogP contribution >= 0.6 is 0 Å². The molecule has 0 spiro atoms. The number of esters is 2. The van der Waals surface area contributed by atoms with Crippen LogP contribution < -0.4 is 70.6 Å². The number of hydrogen-bond donors (Lipinski definition) is 2. The molecule has 4 N–H and O–H groups in total. The van der Waals surface area contributed by atoms with Gasteiger partial charge in [-0.1, -0.05) is 206 Å². The van der Waals surface area contributed by atoms with Gasteiger partial charge in [0.15, 0.2) is 10.5 Å². The minimum absolute atomic E-state index is 0. The third-order valence-electron chi connectivity index (χ3n) is 10.5. The van der Waals surface area contributed by atoms with E-state index >= 15 is 0 Å². The molecule has 0 aromatic heterocycles. The van der Waals surface area contributed by atoms with Crippen LogP contribution in [-0.2, 0) is 48.9 Å². The Morgan fingerprint density at radius 1 is 0.387 bits per heavy atom. The Balaban J connectivity index is -0.000000526. The first kappa shape index (κ1) is 68.3. The van der Waals surface area contributed by atoms with Crippen LogP contribution in [0.1, 0.15) is 232 Å². The van der Waals surface area contributed by atoms with Crippen LogP contribution in [0.3, 0.4) is 0 Å². The Labute approximate surface area is 421 Å². The van der Waals surface area contributed by atoms with Gasteiger partial charge in [-0.2, -0.15) is 0 Å². The smallest absolute Gasteiger partial charge is 0.747 e. The topological polar surface area (TPSA) is 253 Å². The van der Waals surface area contributed by atoms with Gasteiger partial charge in [-0.15, -0.1) is 0 Å². The summed E-state index contributed by atoms with van der Waals surface area (Å²) in [5.74, 6) is -4.44. The Morgan fingerprint density at radius 2 is 0.565 bits per heavy atom. The van der Waals surface area contributed by atoms with E-state index in [9.17, 15) is 45.1 Å². The maximum Gasteiger partial charge on any atom is 1.00 e. The monoisotopic (exact) mass is 943 g/mol. The van der Waals surface area contributed by atoms with Crippen LogP contribution in [-0.4, -0.2) is 73.4 Å². The molecule has 0 bridgehead atoms. The summed E-state index contributed by atoms with van der Waals surface area (Å²) < 4.78 is 75.8. The summed E-state index contributed by atoms with van der Waals surface area (Å²) in [5, 5.41) is -4.09. The molecule has 2 unspecified atom stereocenters. The fourth-order valence-electron chi connectivity index (χ4n) is 6.80. The molecule has 14 nitrogen and oxygen atoms in total. The van der Waals surface area contributed by atoms with E-state index in [1.165, 1.54) is 154 Å². The van der Waals surface area contributed by atoms with Crippen molar-refractivity contribution in [2.75, 3.05) is 13.2 Å². The van der Waals surface area contributed by atoms with Gasteiger partial charge in [0.2, 0.25) is 11.8 Å². The van der Waals surface area contributed by atoms with E-state index in [2.05, 4.69) is 13.8 Å². The number of nitrogens with two attached hydrogens (primary N) is 2. The first-order valence-corrected chi connectivity index (χ1v) is 26.3. The third-order valence-corrected chi connectivity index (χ3v) is 12.6. The Morgan fingerprint density at radius 3 is 0.726 bits per heavy atom. The van der Waals surface area contributed by atoms with E-state index in [0.29, 0.717) is 12.8 Å². The first-order chi connectivity index (χ1) is 28.6. The number of unbranched alkanes of at least 4 members (excludes halogenated alkanes) is 30. The van der Waals surface area contributed by atoms with Crippen LogP contribution in [0.2, 0.25) is 0 Å². The minimum Gasteiger partial charge on any atom is -0.747 e. The Hall–Kier alpha value is -0.300. The summed E-state index contributed by atoms with van der Waals surface area (Å²) in [7, 11) is -9.92. The number of carbonyl (C=O) groups is 4. The maximum absolute atomic E-state index is 11.7. The van der Waals surface area contributed by atoms with Gasteiger partial charge in [0, 0.05) is 0 Å². The average molecular weight is 943 g/mol. The first-order valence-electron chi connectivity index (χ1n) is 23.4. The summed E-state index contributed by atoms with van der Waals surface area (Å²) in [5.41, 5.74) is 9.75. The van der Waals surface area contributed by atoms with Gasteiger partial charge in [0.25, 0.3) is 0 Å². The molecule has 18 heteroatoms. The molecule has 2 atom stereocenters. The van der Waals surface area contributed by atoms with Crippen LogP contribution in [0.15, 0.2) is 0 Å². The van der Waals surface area contributed by atoms with Crippen LogP contribution in [0.4, 0.5) is 0 Å². The van der Waals surface area contributed by atoms with Crippen molar-refractivity contribution in [1.29, 1.82) is 0 Å². The number of hydrogen-bond acceptors (Lipinski definition) is 12. The molecule has 0 aromatic rings. The van der Waals surface area contributed by atoms with Crippen molar-refractivity contribution in [3.8, 4) is 0 Å². The van der Waals surface area contributed by atoms with E-state index < -0.39 is 67.3 Å². The number of ether oxygens (including phenoxy) is 2. The van der Waals surface area contributed by atoms with Crippen molar-refractivity contribution < 1.29 is 114 Å². The van der Waals surface area contributed by atoms with Crippen LogP contribution in [0.5, 0.6) is 0 Å². The predicted molar refractivity (Wildman–Crippen MR) is 236 cm³/mol. The predicted octanol–water partition coefficient (Wildman–Crippen LogP) is 3.17. The van der Waals surface area contributed by atoms with Gasteiger partial charge < -0.3 is 30.0 Å². The third kappa shape index (κ3) is 47.7. The zero-order valence-electron chi connectivity index (χ0n) is 39.5. The summed E-state index contributed by atoms with van der Waals surface area (Å²) in [6.45, 7) is 4.58. The number of rotatable bonds is 42. The van der Waals surface area contributed by atoms with Crippen molar-refractivity contribution in [2.24, 2.45) is 11.5 Å². The normalized spacial score (nSPS) is 12.2. The van der Waals surface area contributed by atoms with Gasteiger partial charge in [-0.05, 0) is 12.8 Å². The van der Waals surface area contributed by atoms with Crippen molar-refractivity contribution in [1.82, 2.24) is 0 Å². The number of amides is 2. The number of primary amides is 2. The maximum atomic E-state index is 11.7. The summed E-state index contributed by atoms with van der Waals surface area (Å²) in [4.78, 5) is 45.0. The second-order valence-electron chi connectivity index (χ2n) is 16.2.